The highest BCUT2D eigenvalue weighted by Crippen LogP contribution is 2.48. The third kappa shape index (κ3) is 2.48. The Bertz CT molecular complexity index is 347. The lowest BCUT2D eigenvalue weighted by Gasteiger charge is -2.15. The molecule has 0 fully saturated rings. The minimum atomic E-state index is -3.51. The van der Waals surface area contributed by atoms with Crippen molar-refractivity contribution in [2.75, 3.05) is 20.0 Å². The minimum Gasteiger partial charge on any atom is -0.402 e. The zero-order chi connectivity index (χ0) is 10.6. The predicted molar refractivity (Wildman–Crippen MR) is 53.1 cm³/mol. The van der Waals surface area contributed by atoms with Crippen molar-refractivity contribution < 1.29 is 18.1 Å². The highest BCUT2D eigenvalue weighted by molar-refractivity contribution is 7.48. The Morgan fingerprint density at radius 2 is 1.79 bits per heavy atom. The molecule has 1 aromatic rings. The summed E-state index contributed by atoms with van der Waals surface area (Å²) in [5.74, 6) is 0.277. The number of nitrogen functional groups attached to an aromatic ring is 1. The first-order valence-electron chi connectivity index (χ1n) is 3.87. The van der Waals surface area contributed by atoms with Crippen LogP contribution < -0.4 is 10.3 Å². The molecule has 0 bridgehead atoms. The molecule has 0 radical (unpaired) electrons. The second-order valence-electron chi connectivity index (χ2n) is 2.44. The maximum atomic E-state index is 11.6. The van der Waals surface area contributed by atoms with Crippen LogP contribution in [0.25, 0.3) is 0 Å². The average molecular weight is 217 g/mol. The fourth-order valence-electron chi connectivity index (χ4n) is 0.833. The molecular formula is C8H12NO4P. The molecule has 0 aliphatic rings. The number of benzene rings is 1. The van der Waals surface area contributed by atoms with E-state index in [9.17, 15) is 4.57 Å². The van der Waals surface area contributed by atoms with E-state index < -0.39 is 7.82 Å². The Morgan fingerprint density at radius 3 is 2.29 bits per heavy atom. The molecule has 0 saturated carbocycles. The molecule has 0 heterocycles. The SMILES string of the molecule is COP(=O)(OC)Oc1ccccc1N. The molecule has 0 amide bonds. The highest BCUT2D eigenvalue weighted by Gasteiger charge is 2.25. The standard InChI is InChI=1S/C8H12NO4P/c1-11-14(10,12-2)13-8-6-4-3-5-7(8)9/h3-6H,9H2,1-2H3. The van der Waals surface area contributed by atoms with Crippen LogP contribution in [0.2, 0.25) is 0 Å². The summed E-state index contributed by atoms with van der Waals surface area (Å²) in [6.07, 6.45) is 0. The first-order valence-corrected chi connectivity index (χ1v) is 5.33. The third-order valence-corrected chi connectivity index (χ3v) is 2.89. The molecule has 0 saturated heterocycles. The second-order valence-corrected chi connectivity index (χ2v) is 4.25. The third-order valence-electron chi connectivity index (χ3n) is 1.58. The summed E-state index contributed by atoms with van der Waals surface area (Å²) in [4.78, 5) is 0. The van der Waals surface area contributed by atoms with Crippen molar-refractivity contribution in [3.05, 3.63) is 24.3 Å². The van der Waals surface area contributed by atoms with Gasteiger partial charge in [-0.3, -0.25) is 9.05 Å². The van der Waals surface area contributed by atoms with E-state index in [1.54, 1.807) is 24.3 Å². The fraction of sp³-hybridized carbons (Fsp3) is 0.250. The van der Waals surface area contributed by atoms with Gasteiger partial charge in [0.05, 0.1) is 5.69 Å². The Labute approximate surface area is 82.4 Å². The summed E-state index contributed by atoms with van der Waals surface area (Å²) >= 11 is 0. The van der Waals surface area contributed by atoms with E-state index in [0.29, 0.717) is 5.69 Å². The molecule has 2 N–H and O–H groups in total. The maximum absolute atomic E-state index is 11.6. The summed E-state index contributed by atoms with van der Waals surface area (Å²) in [7, 11) is -1.03. The van der Waals surface area contributed by atoms with Gasteiger partial charge in [-0.25, -0.2) is 4.57 Å². The van der Waals surface area contributed by atoms with E-state index in [0.717, 1.165) is 0 Å². The van der Waals surface area contributed by atoms with Crippen molar-refractivity contribution in [3.63, 3.8) is 0 Å². The quantitative estimate of drug-likeness (QED) is 0.617. The van der Waals surface area contributed by atoms with Crippen molar-refractivity contribution in [1.82, 2.24) is 0 Å². The van der Waals surface area contributed by atoms with Gasteiger partial charge in [0, 0.05) is 14.2 Å². The lowest BCUT2D eigenvalue weighted by atomic mass is 10.3. The normalized spacial score (nSPS) is 11.3. The molecule has 0 aromatic heterocycles. The summed E-state index contributed by atoms with van der Waals surface area (Å²) in [5.41, 5.74) is 5.96. The van der Waals surface area contributed by atoms with Crippen LogP contribution in [-0.2, 0) is 13.6 Å². The second kappa shape index (κ2) is 4.46. The average Bonchev–Trinajstić information content (AvgIpc) is 2.21. The van der Waals surface area contributed by atoms with Crippen LogP contribution in [0.3, 0.4) is 0 Å². The first kappa shape index (κ1) is 11.0. The number of phosphoric acid groups is 1. The van der Waals surface area contributed by atoms with E-state index in [4.69, 9.17) is 10.3 Å². The van der Waals surface area contributed by atoms with Gasteiger partial charge in [0.1, 0.15) is 0 Å². The largest absolute Gasteiger partial charge is 0.529 e. The van der Waals surface area contributed by atoms with Crippen LogP contribution in [-0.4, -0.2) is 14.2 Å². The molecule has 0 spiro atoms. The van der Waals surface area contributed by atoms with Crippen LogP contribution >= 0.6 is 7.82 Å². The summed E-state index contributed by atoms with van der Waals surface area (Å²) in [6.45, 7) is 0. The van der Waals surface area contributed by atoms with Gasteiger partial charge in [-0.15, -0.1) is 0 Å². The number of rotatable bonds is 4. The molecule has 0 aliphatic heterocycles. The zero-order valence-electron chi connectivity index (χ0n) is 7.97. The summed E-state index contributed by atoms with van der Waals surface area (Å²) in [5, 5.41) is 0. The molecule has 5 nitrogen and oxygen atoms in total. The number of nitrogens with two attached hydrogens (primary N) is 1. The van der Waals surface area contributed by atoms with Crippen LogP contribution in [0.1, 0.15) is 0 Å². The fourth-order valence-corrected chi connectivity index (χ4v) is 1.54. The van der Waals surface area contributed by atoms with Crippen LogP contribution in [0, 0.1) is 0 Å². The van der Waals surface area contributed by atoms with E-state index in [1.165, 1.54) is 14.2 Å². The number of hydrogen-bond acceptors (Lipinski definition) is 5. The van der Waals surface area contributed by atoms with E-state index in [-0.39, 0.29) is 5.75 Å². The van der Waals surface area contributed by atoms with Crippen molar-refractivity contribution in [2.24, 2.45) is 0 Å². The van der Waals surface area contributed by atoms with Gasteiger partial charge in [0.25, 0.3) is 0 Å². The minimum absolute atomic E-state index is 0.277. The Kier molecular flexibility index (Phi) is 3.52. The van der Waals surface area contributed by atoms with Crippen LogP contribution in [0.4, 0.5) is 5.69 Å². The molecule has 14 heavy (non-hydrogen) atoms. The van der Waals surface area contributed by atoms with Gasteiger partial charge in [-0.1, -0.05) is 12.1 Å². The van der Waals surface area contributed by atoms with E-state index in [2.05, 4.69) is 9.05 Å². The molecule has 1 aromatic carbocycles. The first-order chi connectivity index (χ1) is 6.61. The van der Waals surface area contributed by atoms with E-state index in [1.807, 2.05) is 0 Å². The molecule has 1 rings (SSSR count). The number of phosphoric ester groups is 1. The van der Waals surface area contributed by atoms with Gasteiger partial charge in [0.15, 0.2) is 5.75 Å². The Morgan fingerprint density at radius 1 is 1.21 bits per heavy atom. The monoisotopic (exact) mass is 217 g/mol. The smallest absolute Gasteiger partial charge is 0.402 e. The van der Waals surface area contributed by atoms with Crippen LogP contribution in [0.15, 0.2) is 24.3 Å². The highest BCUT2D eigenvalue weighted by atomic mass is 31.2. The van der Waals surface area contributed by atoms with Crippen molar-refractivity contribution >= 4 is 13.5 Å². The van der Waals surface area contributed by atoms with Gasteiger partial charge < -0.3 is 10.3 Å². The number of para-hydroxylation sites is 2. The molecule has 0 aliphatic carbocycles. The Hall–Kier alpha value is -1.03. The molecule has 78 valence electrons. The zero-order valence-corrected chi connectivity index (χ0v) is 8.86. The van der Waals surface area contributed by atoms with Gasteiger partial charge in [-0.2, -0.15) is 0 Å². The molecule has 0 unspecified atom stereocenters. The number of hydrogen-bond donors (Lipinski definition) is 1. The van der Waals surface area contributed by atoms with Gasteiger partial charge in [0.2, 0.25) is 0 Å². The Balaban J connectivity index is 2.88. The van der Waals surface area contributed by atoms with Crippen molar-refractivity contribution in [3.8, 4) is 5.75 Å². The summed E-state index contributed by atoms with van der Waals surface area (Å²) in [6, 6.07) is 6.67. The maximum Gasteiger partial charge on any atom is 0.529 e. The van der Waals surface area contributed by atoms with Crippen LogP contribution in [0.5, 0.6) is 5.75 Å². The van der Waals surface area contributed by atoms with E-state index >= 15 is 0 Å². The van der Waals surface area contributed by atoms with Crippen molar-refractivity contribution in [1.29, 1.82) is 0 Å². The lowest BCUT2D eigenvalue weighted by molar-refractivity contribution is 0.211. The lowest BCUT2D eigenvalue weighted by Crippen LogP contribution is -1.99. The van der Waals surface area contributed by atoms with Gasteiger partial charge in [-0.05, 0) is 12.1 Å². The molecule has 0 atom stereocenters. The molecular weight excluding hydrogens is 205 g/mol. The van der Waals surface area contributed by atoms with Crippen molar-refractivity contribution in [2.45, 2.75) is 0 Å². The molecule has 6 heteroatoms. The topological polar surface area (TPSA) is 70.8 Å². The summed E-state index contributed by atoms with van der Waals surface area (Å²) < 4.78 is 25.8. The van der Waals surface area contributed by atoms with Gasteiger partial charge >= 0.3 is 7.82 Å². The number of anilines is 1. The predicted octanol–water partition coefficient (Wildman–Crippen LogP) is 2.05.